The summed E-state index contributed by atoms with van der Waals surface area (Å²) in [4.78, 5) is 28.0. The summed E-state index contributed by atoms with van der Waals surface area (Å²) in [5.41, 5.74) is 7.90. The van der Waals surface area contributed by atoms with E-state index < -0.39 is 11.9 Å². The number of fused-ring (bicyclic) bond motifs is 1. The number of hydrogen-bond donors (Lipinski definition) is 2. The zero-order valence-corrected chi connectivity index (χ0v) is 13.3. The van der Waals surface area contributed by atoms with Gasteiger partial charge in [-0.25, -0.2) is 0 Å². The summed E-state index contributed by atoms with van der Waals surface area (Å²) in [5.74, 6) is -0.938. The zero-order chi connectivity index (χ0) is 17.1. The SMILES string of the molecule is Cn1cc(CC(NC(=O)c2cccnc2)C(N)=O)c2ccccc21. The quantitative estimate of drug-likeness (QED) is 0.744. The van der Waals surface area contributed by atoms with Gasteiger partial charge in [0.05, 0.1) is 5.56 Å². The zero-order valence-electron chi connectivity index (χ0n) is 13.3. The number of hydrogen-bond acceptors (Lipinski definition) is 3. The number of carbonyl (C=O) groups excluding carboxylic acids is 2. The van der Waals surface area contributed by atoms with Crippen LogP contribution in [0.4, 0.5) is 0 Å². The third-order valence-corrected chi connectivity index (χ3v) is 3.98. The molecule has 0 fully saturated rings. The van der Waals surface area contributed by atoms with Gasteiger partial charge in [0.2, 0.25) is 5.91 Å². The highest BCUT2D eigenvalue weighted by atomic mass is 16.2. The number of primary amides is 1. The summed E-state index contributed by atoms with van der Waals surface area (Å²) < 4.78 is 1.99. The van der Waals surface area contributed by atoms with Gasteiger partial charge < -0.3 is 15.6 Å². The van der Waals surface area contributed by atoms with Crippen molar-refractivity contribution in [1.29, 1.82) is 0 Å². The molecule has 3 N–H and O–H groups in total. The monoisotopic (exact) mass is 322 g/mol. The lowest BCUT2D eigenvalue weighted by Crippen LogP contribution is -2.45. The topological polar surface area (TPSA) is 90.0 Å². The van der Waals surface area contributed by atoms with Gasteiger partial charge in [0.25, 0.3) is 5.91 Å². The van der Waals surface area contributed by atoms with Crippen LogP contribution in [-0.4, -0.2) is 27.4 Å². The molecule has 6 heteroatoms. The predicted molar refractivity (Wildman–Crippen MR) is 91.3 cm³/mol. The van der Waals surface area contributed by atoms with Gasteiger partial charge in [-0.2, -0.15) is 0 Å². The van der Waals surface area contributed by atoms with Gasteiger partial charge in [0.1, 0.15) is 6.04 Å². The smallest absolute Gasteiger partial charge is 0.253 e. The maximum absolute atomic E-state index is 12.3. The number of nitrogens with two attached hydrogens (primary N) is 1. The molecule has 1 atom stereocenters. The molecule has 0 aliphatic rings. The van der Waals surface area contributed by atoms with E-state index in [1.165, 1.54) is 6.20 Å². The molecule has 0 aliphatic heterocycles. The van der Waals surface area contributed by atoms with Crippen LogP contribution in [0.5, 0.6) is 0 Å². The lowest BCUT2D eigenvalue weighted by atomic mass is 10.0. The van der Waals surface area contributed by atoms with Crippen LogP contribution in [0.15, 0.2) is 55.0 Å². The van der Waals surface area contributed by atoms with Crippen LogP contribution in [0.2, 0.25) is 0 Å². The van der Waals surface area contributed by atoms with Crippen molar-refractivity contribution in [2.24, 2.45) is 12.8 Å². The predicted octanol–water partition coefficient (Wildman–Crippen LogP) is 1.40. The van der Waals surface area contributed by atoms with Crippen LogP contribution in [0.25, 0.3) is 10.9 Å². The Bertz CT molecular complexity index is 886. The number of rotatable bonds is 5. The number of amides is 2. The Labute approximate surface area is 139 Å². The third kappa shape index (κ3) is 3.12. The van der Waals surface area contributed by atoms with E-state index in [1.807, 2.05) is 42.1 Å². The first-order valence-corrected chi connectivity index (χ1v) is 7.59. The van der Waals surface area contributed by atoms with Crippen molar-refractivity contribution in [3.05, 3.63) is 66.1 Å². The molecule has 0 saturated carbocycles. The molecule has 0 bridgehead atoms. The molecule has 3 aromatic rings. The summed E-state index contributed by atoms with van der Waals surface area (Å²) in [5, 5.41) is 3.74. The van der Waals surface area contributed by atoms with E-state index in [-0.39, 0.29) is 5.91 Å². The van der Waals surface area contributed by atoms with E-state index >= 15 is 0 Å². The molecular formula is C18H18N4O2. The molecular weight excluding hydrogens is 304 g/mol. The highest BCUT2D eigenvalue weighted by molar-refractivity contribution is 5.97. The maximum atomic E-state index is 12.3. The number of nitrogens with zero attached hydrogens (tertiary/aromatic N) is 2. The number of aromatic nitrogens is 2. The Kier molecular flexibility index (Phi) is 4.29. The highest BCUT2D eigenvalue weighted by Crippen LogP contribution is 2.21. The van der Waals surface area contributed by atoms with E-state index in [1.54, 1.807) is 18.3 Å². The molecule has 0 aliphatic carbocycles. The number of carbonyl (C=O) groups is 2. The number of benzene rings is 1. The molecule has 1 aromatic carbocycles. The third-order valence-electron chi connectivity index (χ3n) is 3.98. The molecule has 0 spiro atoms. The number of pyridine rings is 1. The average Bonchev–Trinajstić information content (AvgIpc) is 2.91. The van der Waals surface area contributed by atoms with Gasteiger partial charge >= 0.3 is 0 Å². The second-order valence-electron chi connectivity index (χ2n) is 5.66. The molecule has 2 amide bonds. The van der Waals surface area contributed by atoms with E-state index in [4.69, 9.17) is 5.73 Å². The summed E-state index contributed by atoms with van der Waals surface area (Å²) in [6.45, 7) is 0. The lowest BCUT2D eigenvalue weighted by Gasteiger charge is -2.15. The molecule has 2 heterocycles. The van der Waals surface area contributed by atoms with Crippen molar-refractivity contribution in [2.75, 3.05) is 0 Å². The fraction of sp³-hybridized carbons (Fsp3) is 0.167. The summed E-state index contributed by atoms with van der Waals surface area (Å²) in [6.07, 6.45) is 5.32. The van der Waals surface area contributed by atoms with Crippen LogP contribution >= 0.6 is 0 Å². The first-order chi connectivity index (χ1) is 11.6. The molecule has 2 aromatic heterocycles. The van der Waals surface area contributed by atoms with Crippen LogP contribution in [-0.2, 0) is 18.3 Å². The Morgan fingerprint density at radius 1 is 1.25 bits per heavy atom. The van der Waals surface area contributed by atoms with E-state index in [9.17, 15) is 9.59 Å². The van der Waals surface area contributed by atoms with Crippen molar-refractivity contribution in [2.45, 2.75) is 12.5 Å². The molecule has 6 nitrogen and oxygen atoms in total. The van der Waals surface area contributed by atoms with Gasteiger partial charge in [-0.3, -0.25) is 14.6 Å². The highest BCUT2D eigenvalue weighted by Gasteiger charge is 2.21. The van der Waals surface area contributed by atoms with Crippen LogP contribution in [0.3, 0.4) is 0 Å². The second-order valence-corrected chi connectivity index (χ2v) is 5.66. The van der Waals surface area contributed by atoms with Gasteiger partial charge in [-0.1, -0.05) is 18.2 Å². The Hall–Kier alpha value is -3.15. The van der Waals surface area contributed by atoms with Crippen LogP contribution in [0, 0.1) is 0 Å². The van der Waals surface area contributed by atoms with E-state index in [0.717, 1.165) is 16.5 Å². The number of para-hydroxylation sites is 1. The number of aryl methyl sites for hydroxylation is 1. The van der Waals surface area contributed by atoms with Crippen molar-refractivity contribution in [3.63, 3.8) is 0 Å². The first-order valence-electron chi connectivity index (χ1n) is 7.59. The normalized spacial score (nSPS) is 12.0. The van der Waals surface area contributed by atoms with Crippen molar-refractivity contribution < 1.29 is 9.59 Å². The Balaban J connectivity index is 1.84. The Morgan fingerprint density at radius 2 is 2.04 bits per heavy atom. The molecule has 122 valence electrons. The van der Waals surface area contributed by atoms with Crippen molar-refractivity contribution in [3.8, 4) is 0 Å². The molecule has 3 rings (SSSR count). The van der Waals surface area contributed by atoms with Gasteiger partial charge in [-0.05, 0) is 23.8 Å². The molecule has 0 radical (unpaired) electrons. The fourth-order valence-electron chi connectivity index (χ4n) is 2.77. The molecule has 1 unspecified atom stereocenters. The Morgan fingerprint density at radius 3 is 2.75 bits per heavy atom. The lowest BCUT2D eigenvalue weighted by molar-refractivity contribution is -0.119. The second kappa shape index (κ2) is 6.54. The largest absolute Gasteiger partial charge is 0.368 e. The van der Waals surface area contributed by atoms with Crippen molar-refractivity contribution >= 4 is 22.7 Å². The minimum Gasteiger partial charge on any atom is -0.368 e. The van der Waals surface area contributed by atoms with Gasteiger partial charge in [0.15, 0.2) is 0 Å². The number of nitrogens with one attached hydrogen (secondary N) is 1. The van der Waals surface area contributed by atoms with Crippen LogP contribution < -0.4 is 11.1 Å². The summed E-state index contributed by atoms with van der Waals surface area (Å²) in [6, 6.07) is 10.4. The van der Waals surface area contributed by atoms with Crippen LogP contribution in [0.1, 0.15) is 15.9 Å². The molecule has 0 saturated heterocycles. The first kappa shape index (κ1) is 15.7. The minimum absolute atomic E-state index is 0.336. The summed E-state index contributed by atoms with van der Waals surface area (Å²) in [7, 11) is 1.94. The van der Waals surface area contributed by atoms with Gasteiger partial charge in [-0.15, -0.1) is 0 Å². The van der Waals surface area contributed by atoms with E-state index in [2.05, 4.69) is 10.3 Å². The standard InChI is InChI=1S/C18H18N4O2/c1-22-11-13(14-6-2-3-7-16(14)22)9-15(17(19)23)21-18(24)12-5-4-8-20-10-12/h2-8,10-11,15H,9H2,1H3,(H2,19,23)(H,21,24). The summed E-state index contributed by atoms with van der Waals surface area (Å²) >= 11 is 0. The van der Waals surface area contributed by atoms with E-state index in [0.29, 0.717) is 12.0 Å². The minimum atomic E-state index is -0.788. The molecule has 24 heavy (non-hydrogen) atoms. The maximum Gasteiger partial charge on any atom is 0.253 e. The average molecular weight is 322 g/mol. The van der Waals surface area contributed by atoms with Crippen molar-refractivity contribution in [1.82, 2.24) is 14.9 Å². The fourth-order valence-corrected chi connectivity index (χ4v) is 2.77. The van der Waals surface area contributed by atoms with Gasteiger partial charge in [0, 0.05) is 43.0 Å².